The zero-order valence-corrected chi connectivity index (χ0v) is 14.6. The van der Waals surface area contributed by atoms with Crippen molar-refractivity contribution in [2.24, 2.45) is 11.8 Å². The number of aromatic nitrogens is 1. The predicted molar refractivity (Wildman–Crippen MR) is 93.3 cm³/mol. The van der Waals surface area contributed by atoms with E-state index in [0.29, 0.717) is 27.6 Å². The minimum atomic E-state index is 0.0204. The average molecular weight is 368 g/mol. The predicted octanol–water partition coefficient (Wildman–Crippen LogP) is 3.41. The second-order valence-corrected chi connectivity index (χ2v) is 7.75. The van der Waals surface area contributed by atoms with Gasteiger partial charge < -0.3 is 10.2 Å². The summed E-state index contributed by atoms with van der Waals surface area (Å²) in [6, 6.07) is 5.31. The maximum Gasteiger partial charge on any atom is 0.273 e. The lowest BCUT2D eigenvalue weighted by atomic mass is 10.0. The lowest BCUT2D eigenvalue weighted by Gasteiger charge is -2.15. The van der Waals surface area contributed by atoms with Crippen molar-refractivity contribution in [1.29, 1.82) is 0 Å². The lowest BCUT2D eigenvalue weighted by Crippen LogP contribution is -2.32. The van der Waals surface area contributed by atoms with Gasteiger partial charge in [-0.05, 0) is 30.0 Å². The van der Waals surface area contributed by atoms with Gasteiger partial charge in [-0.15, -0.1) is 11.3 Å². The summed E-state index contributed by atoms with van der Waals surface area (Å²) in [6.45, 7) is 3.67. The van der Waals surface area contributed by atoms with Crippen LogP contribution in [-0.4, -0.2) is 42.0 Å². The highest BCUT2D eigenvalue weighted by atomic mass is 35.5. The van der Waals surface area contributed by atoms with Gasteiger partial charge in [-0.1, -0.05) is 23.2 Å². The summed E-state index contributed by atoms with van der Waals surface area (Å²) >= 11 is 13.6. The Bertz CT molecular complexity index is 752. The molecule has 1 aromatic heterocycles. The fraction of sp³-hybridized carbons (Fsp3) is 0.375. The van der Waals surface area contributed by atoms with E-state index >= 15 is 0 Å². The molecule has 2 aromatic rings. The van der Waals surface area contributed by atoms with E-state index < -0.39 is 0 Å². The fourth-order valence-electron chi connectivity index (χ4n) is 3.34. The van der Waals surface area contributed by atoms with Gasteiger partial charge in [-0.2, -0.15) is 0 Å². The van der Waals surface area contributed by atoms with Crippen molar-refractivity contribution in [2.45, 2.75) is 0 Å². The van der Waals surface area contributed by atoms with Crippen LogP contribution in [0.25, 0.3) is 10.6 Å². The van der Waals surface area contributed by atoms with Crippen molar-refractivity contribution in [1.82, 2.24) is 15.2 Å². The summed E-state index contributed by atoms with van der Waals surface area (Å²) < 4.78 is 0. The van der Waals surface area contributed by atoms with Gasteiger partial charge in [-0.3, -0.25) is 4.79 Å². The number of hydrogen-bond acceptors (Lipinski definition) is 4. The third-order valence-electron chi connectivity index (χ3n) is 4.56. The van der Waals surface area contributed by atoms with Crippen molar-refractivity contribution in [2.75, 3.05) is 26.2 Å². The Hall–Kier alpha value is -1.14. The molecule has 2 saturated heterocycles. The molecular weight excluding hydrogens is 353 g/mol. The van der Waals surface area contributed by atoms with Gasteiger partial charge in [0.2, 0.25) is 0 Å². The molecule has 0 bridgehead atoms. The van der Waals surface area contributed by atoms with Crippen LogP contribution in [0.4, 0.5) is 0 Å². The molecule has 1 amide bonds. The molecule has 0 saturated carbocycles. The van der Waals surface area contributed by atoms with Crippen molar-refractivity contribution in [3.63, 3.8) is 0 Å². The maximum atomic E-state index is 12.7. The van der Waals surface area contributed by atoms with E-state index in [0.717, 1.165) is 36.8 Å². The van der Waals surface area contributed by atoms with E-state index in [4.69, 9.17) is 23.2 Å². The number of nitrogens with zero attached hydrogens (tertiary/aromatic N) is 2. The van der Waals surface area contributed by atoms with Crippen LogP contribution in [0.3, 0.4) is 0 Å². The van der Waals surface area contributed by atoms with Crippen molar-refractivity contribution < 1.29 is 4.79 Å². The van der Waals surface area contributed by atoms with Crippen molar-refractivity contribution in [3.05, 3.63) is 39.3 Å². The lowest BCUT2D eigenvalue weighted by molar-refractivity contribution is 0.0777. The Morgan fingerprint density at radius 3 is 2.70 bits per heavy atom. The zero-order valence-electron chi connectivity index (χ0n) is 12.3. The van der Waals surface area contributed by atoms with Gasteiger partial charge in [0.05, 0.1) is 5.02 Å². The van der Waals surface area contributed by atoms with Crippen LogP contribution < -0.4 is 5.32 Å². The maximum absolute atomic E-state index is 12.7. The van der Waals surface area contributed by atoms with Crippen LogP contribution in [0.1, 0.15) is 10.5 Å². The van der Waals surface area contributed by atoms with Crippen molar-refractivity contribution >= 4 is 40.4 Å². The first-order chi connectivity index (χ1) is 11.1. The standard InChI is InChI=1S/C16H15Cl2N3OS/c17-11-1-2-12(13(18)3-11)15-20-14(8-23-15)16(22)21-6-9-4-19-5-10(9)7-21/h1-3,8-10,19H,4-7H2/t9-,10+. The van der Waals surface area contributed by atoms with Gasteiger partial charge in [0.15, 0.2) is 0 Å². The third-order valence-corrected chi connectivity index (χ3v) is 5.98. The number of nitrogens with one attached hydrogen (secondary N) is 1. The first-order valence-corrected chi connectivity index (χ1v) is 9.16. The third kappa shape index (κ3) is 2.87. The summed E-state index contributed by atoms with van der Waals surface area (Å²) in [6.07, 6.45) is 0. The molecule has 0 radical (unpaired) electrons. The molecule has 7 heteroatoms. The van der Waals surface area contributed by atoms with E-state index in [1.165, 1.54) is 11.3 Å². The van der Waals surface area contributed by atoms with Gasteiger partial charge in [-0.25, -0.2) is 4.98 Å². The molecule has 23 heavy (non-hydrogen) atoms. The summed E-state index contributed by atoms with van der Waals surface area (Å²) in [5, 5.41) is 7.08. The quantitative estimate of drug-likeness (QED) is 0.884. The van der Waals surface area contributed by atoms with Crippen LogP contribution in [0.15, 0.2) is 23.6 Å². The molecule has 4 nitrogen and oxygen atoms in total. The molecule has 0 spiro atoms. The van der Waals surface area contributed by atoms with E-state index in [1.807, 2.05) is 16.3 Å². The number of carbonyl (C=O) groups excluding carboxylic acids is 1. The van der Waals surface area contributed by atoms with E-state index in [-0.39, 0.29) is 5.91 Å². The van der Waals surface area contributed by atoms with Gasteiger partial charge >= 0.3 is 0 Å². The number of amides is 1. The van der Waals surface area contributed by atoms with Gasteiger partial charge in [0, 0.05) is 42.1 Å². The molecular formula is C16H15Cl2N3OS. The molecule has 120 valence electrons. The largest absolute Gasteiger partial charge is 0.337 e. The highest BCUT2D eigenvalue weighted by molar-refractivity contribution is 7.13. The molecule has 4 rings (SSSR count). The molecule has 3 heterocycles. The minimum absolute atomic E-state index is 0.0204. The van der Waals surface area contributed by atoms with Crippen LogP contribution in [0.5, 0.6) is 0 Å². The SMILES string of the molecule is O=C(c1csc(-c2ccc(Cl)cc2Cl)n1)N1C[C@H]2CNC[C@H]2C1. The summed E-state index contributed by atoms with van der Waals surface area (Å²) in [7, 11) is 0. The fourth-order valence-corrected chi connectivity index (χ4v) is 4.73. The molecule has 1 aromatic carbocycles. The Morgan fingerprint density at radius 1 is 1.26 bits per heavy atom. The van der Waals surface area contributed by atoms with Crippen molar-refractivity contribution in [3.8, 4) is 10.6 Å². The highest BCUT2D eigenvalue weighted by Crippen LogP contribution is 2.33. The highest BCUT2D eigenvalue weighted by Gasteiger charge is 2.38. The zero-order chi connectivity index (χ0) is 16.0. The monoisotopic (exact) mass is 367 g/mol. The number of fused-ring (bicyclic) bond motifs is 1. The van der Waals surface area contributed by atoms with Crippen LogP contribution in [0, 0.1) is 11.8 Å². The number of rotatable bonds is 2. The Kier molecular flexibility index (Phi) is 4.05. The summed E-state index contributed by atoms with van der Waals surface area (Å²) in [5.41, 5.74) is 1.31. The van der Waals surface area contributed by atoms with Crippen LogP contribution >= 0.6 is 34.5 Å². The number of carbonyl (C=O) groups is 1. The molecule has 2 aliphatic rings. The Labute approximate surface area is 148 Å². The van der Waals surface area contributed by atoms with E-state index in [1.54, 1.807) is 12.1 Å². The van der Waals surface area contributed by atoms with Crippen LogP contribution in [0.2, 0.25) is 10.0 Å². The van der Waals surface area contributed by atoms with Gasteiger partial charge in [0.25, 0.3) is 5.91 Å². The normalized spacial score (nSPS) is 23.3. The summed E-state index contributed by atoms with van der Waals surface area (Å²) in [5.74, 6) is 1.19. The molecule has 2 aliphatic heterocycles. The topological polar surface area (TPSA) is 45.2 Å². The molecule has 2 atom stereocenters. The second-order valence-electron chi connectivity index (χ2n) is 6.05. The smallest absolute Gasteiger partial charge is 0.273 e. The second kappa shape index (κ2) is 6.06. The minimum Gasteiger partial charge on any atom is -0.337 e. The van der Waals surface area contributed by atoms with E-state index in [9.17, 15) is 4.79 Å². The van der Waals surface area contributed by atoms with Gasteiger partial charge in [0.1, 0.15) is 10.7 Å². The number of hydrogen-bond donors (Lipinski definition) is 1. The number of halogens is 2. The molecule has 1 N–H and O–H groups in total. The Balaban J connectivity index is 1.55. The first kappa shape index (κ1) is 15.4. The Morgan fingerprint density at radius 2 is 2.00 bits per heavy atom. The molecule has 2 fully saturated rings. The number of likely N-dealkylation sites (tertiary alicyclic amines) is 1. The summed E-state index contributed by atoms with van der Waals surface area (Å²) in [4.78, 5) is 19.1. The number of benzene rings is 1. The van der Waals surface area contributed by atoms with Crippen LogP contribution in [-0.2, 0) is 0 Å². The number of thiazole rings is 1. The molecule has 0 unspecified atom stereocenters. The van der Waals surface area contributed by atoms with E-state index in [2.05, 4.69) is 10.3 Å². The first-order valence-electron chi connectivity index (χ1n) is 7.53. The average Bonchev–Trinajstić information content (AvgIpc) is 3.22. The molecule has 0 aliphatic carbocycles.